The van der Waals surface area contributed by atoms with Crippen molar-refractivity contribution in [2.45, 2.75) is 25.9 Å². The Kier molecular flexibility index (Phi) is 4.45. The van der Waals surface area contributed by atoms with Crippen molar-refractivity contribution in [3.05, 3.63) is 59.0 Å². The summed E-state index contributed by atoms with van der Waals surface area (Å²) in [5.41, 5.74) is 1.30. The summed E-state index contributed by atoms with van der Waals surface area (Å²) in [6, 6.07) is 12.4. The predicted octanol–water partition coefficient (Wildman–Crippen LogP) is 4.00. The molecular formula is C15H18ClNO. The average Bonchev–Trinajstić information content (AvgIpc) is 2.85. The van der Waals surface area contributed by atoms with Crippen LogP contribution in [0.25, 0.3) is 0 Å². The first-order chi connectivity index (χ1) is 8.65. The van der Waals surface area contributed by atoms with Gasteiger partial charge in [-0.15, -0.1) is 0 Å². The van der Waals surface area contributed by atoms with Gasteiger partial charge in [0.25, 0.3) is 0 Å². The summed E-state index contributed by atoms with van der Waals surface area (Å²) in [6.45, 7) is 3.05. The molecule has 0 fully saturated rings. The van der Waals surface area contributed by atoms with Gasteiger partial charge < -0.3 is 4.42 Å². The number of hydrogen-bond acceptors (Lipinski definition) is 2. The van der Waals surface area contributed by atoms with E-state index in [0.717, 1.165) is 23.7 Å². The third-order valence-corrected chi connectivity index (χ3v) is 3.43. The van der Waals surface area contributed by atoms with Crippen LogP contribution in [0.4, 0.5) is 0 Å². The molecule has 1 unspecified atom stereocenters. The second-order valence-corrected chi connectivity index (χ2v) is 5.11. The fraction of sp³-hybridized carbons (Fsp3) is 0.333. The van der Waals surface area contributed by atoms with Crippen LogP contribution in [0.5, 0.6) is 0 Å². The molecule has 2 nitrogen and oxygen atoms in total. The van der Waals surface area contributed by atoms with Crippen LogP contribution in [0.1, 0.15) is 18.2 Å². The van der Waals surface area contributed by atoms with E-state index in [1.165, 1.54) is 5.56 Å². The summed E-state index contributed by atoms with van der Waals surface area (Å²) >= 11 is 5.88. The van der Waals surface area contributed by atoms with Crippen LogP contribution in [0, 0.1) is 0 Å². The predicted molar refractivity (Wildman–Crippen MR) is 74.8 cm³/mol. The van der Waals surface area contributed by atoms with Crippen molar-refractivity contribution < 1.29 is 4.42 Å². The maximum Gasteiger partial charge on any atom is 0.117 e. The highest BCUT2D eigenvalue weighted by Crippen LogP contribution is 2.14. The quantitative estimate of drug-likeness (QED) is 0.811. The molecule has 3 heteroatoms. The van der Waals surface area contributed by atoms with Gasteiger partial charge in [-0.05, 0) is 50.2 Å². The molecule has 2 aromatic rings. The van der Waals surface area contributed by atoms with Crippen molar-refractivity contribution in [2.24, 2.45) is 0 Å². The van der Waals surface area contributed by atoms with Gasteiger partial charge >= 0.3 is 0 Å². The van der Waals surface area contributed by atoms with Crippen LogP contribution in [-0.4, -0.2) is 18.0 Å². The molecule has 2 rings (SSSR count). The molecule has 1 heterocycles. The van der Waals surface area contributed by atoms with Gasteiger partial charge in [0.1, 0.15) is 5.76 Å². The summed E-state index contributed by atoms with van der Waals surface area (Å²) in [6.07, 6.45) is 2.72. The smallest absolute Gasteiger partial charge is 0.117 e. The second-order valence-electron chi connectivity index (χ2n) is 4.67. The second kappa shape index (κ2) is 6.07. The Hall–Kier alpha value is -1.25. The van der Waals surface area contributed by atoms with E-state index in [9.17, 15) is 0 Å². The fourth-order valence-electron chi connectivity index (χ4n) is 1.92. The Balaban J connectivity index is 1.90. The van der Waals surface area contributed by atoms with E-state index in [1.807, 2.05) is 24.3 Å². The van der Waals surface area contributed by atoms with Crippen molar-refractivity contribution in [3.8, 4) is 0 Å². The van der Waals surface area contributed by atoms with Gasteiger partial charge in [0.15, 0.2) is 0 Å². The maximum absolute atomic E-state index is 5.88. The van der Waals surface area contributed by atoms with Gasteiger partial charge in [-0.3, -0.25) is 4.90 Å². The Morgan fingerprint density at radius 1 is 1.22 bits per heavy atom. The fourth-order valence-corrected chi connectivity index (χ4v) is 2.05. The summed E-state index contributed by atoms with van der Waals surface area (Å²) in [7, 11) is 2.11. The van der Waals surface area contributed by atoms with Crippen molar-refractivity contribution in [3.63, 3.8) is 0 Å². The third-order valence-electron chi connectivity index (χ3n) is 3.18. The molecule has 1 aromatic carbocycles. The van der Waals surface area contributed by atoms with Crippen molar-refractivity contribution >= 4 is 11.6 Å². The first kappa shape index (κ1) is 13.2. The minimum atomic E-state index is 0.455. The van der Waals surface area contributed by atoms with E-state index in [-0.39, 0.29) is 0 Å². The highest BCUT2D eigenvalue weighted by molar-refractivity contribution is 6.30. The summed E-state index contributed by atoms with van der Waals surface area (Å²) in [5, 5.41) is 0.787. The molecule has 1 atom stereocenters. The van der Waals surface area contributed by atoms with Gasteiger partial charge in [0.2, 0.25) is 0 Å². The number of rotatable bonds is 5. The normalized spacial score (nSPS) is 12.9. The van der Waals surface area contributed by atoms with Crippen molar-refractivity contribution in [1.29, 1.82) is 0 Å². The number of benzene rings is 1. The molecule has 0 bridgehead atoms. The zero-order chi connectivity index (χ0) is 13.0. The van der Waals surface area contributed by atoms with Gasteiger partial charge in [0.05, 0.1) is 12.8 Å². The Morgan fingerprint density at radius 2 is 1.94 bits per heavy atom. The van der Waals surface area contributed by atoms with Crippen LogP contribution in [0.2, 0.25) is 5.02 Å². The zero-order valence-corrected chi connectivity index (χ0v) is 11.5. The topological polar surface area (TPSA) is 16.4 Å². The zero-order valence-electron chi connectivity index (χ0n) is 10.8. The molecule has 0 aliphatic carbocycles. The molecule has 18 heavy (non-hydrogen) atoms. The summed E-state index contributed by atoms with van der Waals surface area (Å²) < 4.78 is 5.36. The third kappa shape index (κ3) is 3.62. The lowest BCUT2D eigenvalue weighted by Crippen LogP contribution is -2.30. The summed E-state index contributed by atoms with van der Waals surface area (Å²) in [5.74, 6) is 1.00. The first-order valence-corrected chi connectivity index (χ1v) is 6.50. The van der Waals surface area contributed by atoms with Gasteiger partial charge in [-0.25, -0.2) is 0 Å². The van der Waals surface area contributed by atoms with Crippen molar-refractivity contribution in [2.75, 3.05) is 7.05 Å². The number of nitrogens with zero attached hydrogens (tertiary/aromatic N) is 1. The van der Waals surface area contributed by atoms with E-state index in [1.54, 1.807) is 6.26 Å². The van der Waals surface area contributed by atoms with Crippen LogP contribution >= 0.6 is 11.6 Å². The SMILES string of the molecule is CC(Cc1ccc(Cl)cc1)N(C)Cc1ccco1. The van der Waals surface area contributed by atoms with Crippen LogP contribution in [0.15, 0.2) is 47.1 Å². The van der Waals surface area contributed by atoms with Gasteiger partial charge in [0, 0.05) is 11.1 Å². The Labute approximate surface area is 113 Å². The minimum absolute atomic E-state index is 0.455. The van der Waals surface area contributed by atoms with Gasteiger partial charge in [-0.1, -0.05) is 23.7 Å². The molecule has 0 saturated heterocycles. The average molecular weight is 264 g/mol. The maximum atomic E-state index is 5.88. The Morgan fingerprint density at radius 3 is 2.56 bits per heavy atom. The monoisotopic (exact) mass is 263 g/mol. The van der Waals surface area contributed by atoms with Crippen LogP contribution in [0.3, 0.4) is 0 Å². The molecule has 0 spiro atoms. The minimum Gasteiger partial charge on any atom is -0.468 e. The number of hydrogen-bond donors (Lipinski definition) is 0. The largest absolute Gasteiger partial charge is 0.468 e. The number of likely N-dealkylation sites (N-methyl/N-ethyl adjacent to an activating group) is 1. The molecule has 0 aliphatic heterocycles. The molecule has 0 amide bonds. The van der Waals surface area contributed by atoms with E-state index in [4.69, 9.17) is 16.0 Å². The lowest BCUT2D eigenvalue weighted by Gasteiger charge is -2.23. The Bertz CT molecular complexity index is 464. The molecule has 0 radical (unpaired) electrons. The van der Waals surface area contributed by atoms with E-state index >= 15 is 0 Å². The lowest BCUT2D eigenvalue weighted by molar-refractivity contribution is 0.228. The highest BCUT2D eigenvalue weighted by Gasteiger charge is 2.11. The molecule has 0 saturated carbocycles. The van der Waals surface area contributed by atoms with E-state index in [2.05, 4.69) is 31.0 Å². The van der Waals surface area contributed by atoms with Crippen LogP contribution in [-0.2, 0) is 13.0 Å². The van der Waals surface area contributed by atoms with Gasteiger partial charge in [-0.2, -0.15) is 0 Å². The number of halogens is 1. The molecular weight excluding hydrogens is 246 g/mol. The van der Waals surface area contributed by atoms with E-state index < -0.39 is 0 Å². The summed E-state index contributed by atoms with van der Waals surface area (Å²) in [4.78, 5) is 2.29. The number of furan rings is 1. The molecule has 0 N–H and O–H groups in total. The molecule has 96 valence electrons. The highest BCUT2D eigenvalue weighted by atomic mass is 35.5. The van der Waals surface area contributed by atoms with Crippen LogP contribution < -0.4 is 0 Å². The molecule has 1 aromatic heterocycles. The standard InChI is InChI=1S/C15H18ClNO/c1-12(10-13-5-7-14(16)8-6-13)17(2)11-15-4-3-9-18-15/h3-9,12H,10-11H2,1-2H3. The first-order valence-electron chi connectivity index (χ1n) is 6.12. The molecule has 0 aliphatic rings. The van der Waals surface area contributed by atoms with Crippen molar-refractivity contribution in [1.82, 2.24) is 4.90 Å². The lowest BCUT2D eigenvalue weighted by atomic mass is 10.1. The van der Waals surface area contributed by atoms with E-state index in [0.29, 0.717) is 6.04 Å².